The fourth-order valence-electron chi connectivity index (χ4n) is 2.52. The first kappa shape index (κ1) is 22.0. The Morgan fingerprint density at radius 2 is 1.93 bits per heavy atom. The van der Waals surface area contributed by atoms with Crippen LogP contribution >= 0.6 is 27.5 Å². The molecular weight excluding hydrogens is 435 g/mol. The second-order valence-electron chi connectivity index (χ2n) is 6.45. The summed E-state index contributed by atoms with van der Waals surface area (Å²) in [5.74, 6) is 0.870. The molecule has 2 rings (SSSR count). The summed E-state index contributed by atoms with van der Waals surface area (Å²) in [6.07, 6.45) is 1.08. The van der Waals surface area contributed by atoms with E-state index in [-0.39, 0.29) is 12.4 Å². The largest absolute Gasteiger partial charge is 0.493 e. The summed E-state index contributed by atoms with van der Waals surface area (Å²) >= 11 is 9.65. The lowest BCUT2D eigenvalue weighted by molar-refractivity contribution is 0.284. The zero-order valence-corrected chi connectivity index (χ0v) is 18.2. The molecule has 0 aliphatic heterocycles. The van der Waals surface area contributed by atoms with Gasteiger partial charge in [0.1, 0.15) is 12.4 Å². The second-order valence-corrected chi connectivity index (χ2v) is 7.71. The summed E-state index contributed by atoms with van der Waals surface area (Å²) in [6.45, 7) is 2.95. The van der Waals surface area contributed by atoms with E-state index >= 15 is 0 Å². The highest BCUT2D eigenvalue weighted by Gasteiger charge is 2.12. The van der Waals surface area contributed by atoms with Gasteiger partial charge in [0.05, 0.1) is 12.1 Å². The number of hydrogen-bond acceptors (Lipinski definition) is 4. The monoisotopic (exact) mass is 458 g/mol. The average Bonchev–Trinajstić information content (AvgIpc) is 2.61. The highest BCUT2D eigenvalue weighted by molar-refractivity contribution is 9.10. The summed E-state index contributed by atoms with van der Waals surface area (Å²) in [4.78, 5) is 2.17. The summed E-state index contributed by atoms with van der Waals surface area (Å²) < 4.78 is 25.4. The lowest BCUT2D eigenvalue weighted by atomic mass is 10.2. The number of nitrogens with one attached hydrogen (secondary N) is 1. The fraction of sp³-hybridized carbons (Fsp3) is 0.400. The molecule has 0 aliphatic rings. The Bertz CT molecular complexity index is 759. The molecule has 0 aliphatic carbocycles. The topological polar surface area (TPSA) is 33.7 Å². The van der Waals surface area contributed by atoms with Crippen molar-refractivity contribution in [1.82, 2.24) is 10.2 Å². The van der Waals surface area contributed by atoms with Crippen molar-refractivity contribution in [2.75, 3.05) is 34.3 Å². The molecule has 7 heteroatoms. The van der Waals surface area contributed by atoms with Gasteiger partial charge in [-0.2, -0.15) is 0 Å². The van der Waals surface area contributed by atoms with Gasteiger partial charge in [-0.3, -0.25) is 0 Å². The summed E-state index contributed by atoms with van der Waals surface area (Å²) in [5, 5.41) is 3.77. The number of ether oxygens (including phenoxy) is 2. The first-order chi connectivity index (χ1) is 12.9. The number of benzene rings is 2. The quantitative estimate of drug-likeness (QED) is 0.514. The van der Waals surface area contributed by atoms with Crippen LogP contribution in [0.4, 0.5) is 4.39 Å². The van der Waals surface area contributed by atoms with Crippen LogP contribution in [0.3, 0.4) is 0 Å². The van der Waals surface area contributed by atoms with Gasteiger partial charge in [-0.25, -0.2) is 4.39 Å². The first-order valence-electron chi connectivity index (χ1n) is 8.69. The first-order valence-corrected chi connectivity index (χ1v) is 9.86. The van der Waals surface area contributed by atoms with Crippen molar-refractivity contribution in [3.63, 3.8) is 0 Å². The average molecular weight is 460 g/mol. The molecule has 0 amide bonds. The predicted molar refractivity (Wildman–Crippen MR) is 111 cm³/mol. The van der Waals surface area contributed by atoms with E-state index in [0.29, 0.717) is 22.1 Å². The molecule has 0 saturated heterocycles. The van der Waals surface area contributed by atoms with Gasteiger partial charge in [-0.05, 0) is 63.4 Å². The van der Waals surface area contributed by atoms with Crippen molar-refractivity contribution < 1.29 is 13.9 Å². The zero-order chi connectivity index (χ0) is 19.8. The van der Waals surface area contributed by atoms with Crippen molar-refractivity contribution in [1.29, 1.82) is 0 Å². The van der Waals surface area contributed by atoms with Crippen molar-refractivity contribution in [2.24, 2.45) is 0 Å². The van der Waals surface area contributed by atoms with Gasteiger partial charge < -0.3 is 19.7 Å². The second kappa shape index (κ2) is 10.9. The minimum absolute atomic E-state index is 0.226. The molecule has 0 aromatic heterocycles. The molecule has 148 valence electrons. The zero-order valence-electron chi connectivity index (χ0n) is 15.8. The lowest BCUT2D eigenvalue weighted by Gasteiger charge is -2.15. The Morgan fingerprint density at radius 1 is 1.15 bits per heavy atom. The Kier molecular flexibility index (Phi) is 8.83. The van der Waals surface area contributed by atoms with Crippen LogP contribution in [0.1, 0.15) is 17.5 Å². The van der Waals surface area contributed by atoms with Gasteiger partial charge in [0, 0.05) is 16.6 Å². The highest BCUT2D eigenvalue weighted by atomic mass is 79.9. The van der Waals surface area contributed by atoms with E-state index in [1.54, 1.807) is 13.2 Å². The van der Waals surface area contributed by atoms with Crippen molar-refractivity contribution in [3.8, 4) is 11.5 Å². The summed E-state index contributed by atoms with van der Waals surface area (Å²) in [6, 6.07) is 8.09. The molecule has 0 spiro atoms. The van der Waals surface area contributed by atoms with E-state index in [1.807, 2.05) is 12.1 Å². The normalized spacial score (nSPS) is 11.1. The number of rotatable bonds is 10. The van der Waals surface area contributed by atoms with Crippen LogP contribution in [-0.4, -0.2) is 39.2 Å². The predicted octanol–water partition coefficient (Wildman–Crippen LogP) is 4.87. The van der Waals surface area contributed by atoms with Crippen LogP contribution in [0.2, 0.25) is 5.02 Å². The van der Waals surface area contributed by atoms with Crippen LogP contribution in [-0.2, 0) is 13.2 Å². The number of nitrogens with zero attached hydrogens (tertiary/aromatic N) is 1. The van der Waals surface area contributed by atoms with Gasteiger partial charge in [0.15, 0.2) is 11.5 Å². The maximum Gasteiger partial charge on any atom is 0.162 e. The van der Waals surface area contributed by atoms with E-state index in [9.17, 15) is 4.39 Å². The molecule has 0 fully saturated rings. The SMILES string of the molecule is COc1cc(CNCCCN(C)C)c(Br)cc1OCc1ccc(F)cc1Cl. The highest BCUT2D eigenvalue weighted by Crippen LogP contribution is 2.34. The van der Waals surface area contributed by atoms with Crippen LogP contribution in [0.25, 0.3) is 0 Å². The van der Waals surface area contributed by atoms with Crippen molar-refractivity contribution >= 4 is 27.5 Å². The Balaban J connectivity index is 2.00. The molecular formula is C20H25BrClFN2O2. The molecule has 0 bridgehead atoms. The third-order valence-electron chi connectivity index (χ3n) is 4.01. The molecule has 2 aromatic rings. The minimum Gasteiger partial charge on any atom is -0.493 e. The Morgan fingerprint density at radius 3 is 2.59 bits per heavy atom. The number of halogens is 3. The van der Waals surface area contributed by atoms with Crippen LogP contribution in [0.5, 0.6) is 11.5 Å². The Hall–Kier alpha value is -1.34. The van der Waals surface area contributed by atoms with Crippen LogP contribution < -0.4 is 14.8 Å². The third kappa shape index (κ3) is 6.96. The third-order valence-corrected chi connectivity index (χ3v) is 5.10. The number of hydrogen-bond donors (Lipinski definition) is 1. The van der Waals surface area contributed by atoms with Gasteiger partial charge >= 0.3 is 0 Å². The van der Waals surface area contributed by atoms with E-state index in [0.717, 1.165) is 36.1 Å². The molecule has 0 unspecified atom stereocenters. The molecule has 0 heterocycles. The summed E-state index contributed by atoms with van der Waals surface area (Å²) in [5.41, 5.74) is 1.80. The van der Waals surface area contributed by atoms with Crippen LogP contribution in [0, 0.1) is 5.82 Å². The van der Waals surface area contributed by atoms with Gasteiger partial charge in [0.25, 0.3) is 0 Å². The Labute approximate surface area is 173 Å². The molecule has 2 aromatic carbocycles. The van der Waals surface area contributed by atoms with Crippen LogP contribution in [0.15, 0.2) is 34.8 Å². The van der Waals surface area contributed by atoms with Crippen molar-refractivity contribution in [2.45, 2.75) is 19.6 Å². The standard InChI is InChI=1S/C20H25BrClFN2O2/c1-25(2)8-4-7-24-12-15-9-19(26-3)20(11-17(15)21)27-13-14-5-6-16(23)10-18(14)22/h5-6,9-11,24H,4,7-8,12-13H2,1-3H3. The molecule has 0 radical (unpaired) electrons. The van der Waals surface area contributed by atoms with E-state index < -0.39 is 0 Å². The smallest absolute Gasteiger partial charge is 0.162 e. The van der Waals surface area contributed by atoms with Gasteiger partial charge in [0.2, 0.25) is 0 Å². The fourth-order valence-corrected chi connectivity index (χ4v) is 3.21. The lowest BCUT2D eigenvalue weighted by Crippen LogP contribution is -2.21. The number of methoxy groups -OCH3 is 1. The summed E-state index contributed by atoms with van der Waals surface area (Å²) in [7, 11) is 5.74. The molecule has 0 atom stereocenters. The molecule has 1 N–H and O–H groups in total. The van der Waals surface area contributed by atoms with Gasteiger partial charge in [-0.1, -0.05) is 33.6 Å². The van der Waals surface area contributed by atoms with E-state index in [1.165, 1.54) is 12.1 Å². The maximum absolute atomic E-state index is 13.2. The maximum atomic E-state index is 13.2. The minimum atomic E-state index is -0.369. The van der Waals surface area contributed by atoms with Crippen molar-refractivity contribution in [3.05, 3.63) is 56.8 Å². The molecule has 4 nitrogen and oxygen atoms in total. The molecule has 27 heavy (non-hydrogen) atoms. The van der Waals surface area contributed by atoms with E-state index in [2.05, 4.69) is 40.2 Å². The molecule has 0 saturated carbocycles. The van der Waals surface area contributed by atoms with Gasteiger partial charge in [-0.15, -0.1) is 0 Å². The van der Waals surface area contributed by atoms with E-state index in [4.69, 9.17) is 21.1 Å².